The fourth-order valence-corrected chi connectivity index (χ4v) is 8.64. The summed E-state index contributed by atoms with van der Waals surface area (Å²) < 4.78 is 9.99. The zero-order valence-corrected chi connectivity index (χ0v) is 27.1. The molecule has 7 rings (SSSR count). The van der Waals surface area contributed by atoms with Crippen LogP contribution < -0.4 is 14.2 Å². The van der Waals surface area contributed by atoms with Crippen molar-refractivity contribution >= 4 is 55.9 Å². The summed E-state index contributed by atoms with van der Waals surface area (Å²) >= 11 is 3.69. The SMILES string of the molecule is CCN1C(=CC2=CC(=CC=Cc3sc4ccccc4[n+]3COc3cccc4ccccc34)CC(C)(C)C2)Sc2ccccc21. The van der Waals surface area contributed by atoms with Crippen molar-refractivity contribution in [3.05, 3.63) is 136 Å². The minimum atomic E-state index is 0.206. The van der Waals surface area contributed by atoms with Crippen LogP contribution >= 0.6 is 23.1 Å². The van der Waals surface area contributed by atoms with Gasteiger partial charge in [0.1, 0.15) is 10.4 Å². The van der Waals surface area contributed by atoms with Gasteiger partial charge in [-0.15, -0.1) is 4.57 Å². The topological polar surface area (TPSA) is 16.4 Å². The standard InChI is InChI=1S/C39H37N2OS2/c1-4-40-32-17-7-9-20-35(32)44-38(40)24-29-23-28(25-39(2,3)26-29)13-11-22-37-41(33-18-8-10-21-36(33)43-37)27-42-34-19-12-15-30-14-5-6-16-31(30)34/h5-24H,4,25-27H2,1-3H3/q+1. The first-order valence-corrected chi connectivity index (χ1v) is 17.0. The number of thiazole rings is 1. The van der Waals surface area contributed by atoms with Crippen LogP contribution in [0.2, 0.25) is 0 Å². The molecule has 0 radical (unpaired) electrons. The van der Waals surface area contributed by atoms with Gasteiger partial charge in [-0.2, -0.15) is 0 Å². The molecule has 0 N–H and O–H groups in total. The van der Waals surface area contributed by atoms with Crippen molar-refractivity contribution in [2.24, 2.45) is 5.41 Å². The van der Waals surface area contributed by atoms with E-state index in [9.17, 15) is 0 Å². The Hall–Kier alpha value is -4.06. The van der Waals surface area contributed by atoms with Crippen molar-refractivity contribution < 1.29 is 9.30 Å². The third kappa shape index (κ3) is 5.87. The number of aromatic nitrogens is 1. The maximum atomic E-state index is 6.45. The lowest BCUT2D eigenvalue weighted by Gasteiger charge is -2.31. The molecule has 220 valence electrons. The Bertz CT molecular complexity index is 1970. The van der Waals surface area contributed by atoms with Crippen molar-refractivity contribution in [1.29, 1.82) is 0 Å². The van der Waals surface area contributed by atoms with Crippen LogP contribution in [-0.2, 0) is 6.73 Å². The second-order valence-electron chi connectivity index (χ2n) is 12.2. The predicted octanol–water partition coefficient (Wildman–Crippen LogP) is 10.5. The fourth-order valence-electron chi connectivity index (χ4n) is 6.37. The van der Waals surface area contributed by atoms with Crippen LogP contribution in [0.5, 0.6) is 5.75 Å². The average molecular weight is 614 g/mol. The van der Waals surface area contributed by atoms with Crippen LogP contribution in [0.3, 0.4) is 0 Å². The summed E-state index contributed by atoms with van der Waals surface area (Å²) in [5.74, 6) is 0.907. The van der Waals surface area contributed by atoms with E-state index in [-0.39, 0.29) is 5.41 Å². The van der Waals surface area contributed by atoms with E-state index in [1.807, 2.05) is 11.8 Å². The Kier molecular flexibility index (Phi) is 7.92. The zero-order chi connectivity index (χ0) is 30.1. The molecule has 0 bridgehead atoms. The number of hydrogen-bond acceptors (Lipinski definition) is 4. The third-order valence-corrected chi connectivity index (χ3v) is 10.5. The molecule has 0 saturated heterocycles. The summed E-state index contributed by atoms with van der Waals surface area (Å²) in [6, 6.07) is 32.0. The highest BCUT2D eigenvalue weighted by atomic mass is 32.2. The van der Waals surface area contributed by atoms with Gasteiger partial charge in [0.15, 0.2) is 0 Å². The highest BCUT2D eigenvalue weighted by Gasteiger charge is 2.28. The van der Waals surface area contributed by atoms with Crippen molar-refractivity contribution in [3.8, 4) is 5.75 Å². The van der Waals surface area contributed by atoms with Gasteiger partial charge < -0.3 is 9.64 Å². The minimum Gasteiger partial charge on any atom is -0.435 e. The highest BCUT2D eigenvalue weighted by molar-refractivity contribution is 8.03. The number of fused-ring (bicyclic) bond motifs is 3. The normalized spacial score (nSPS) is 18.1. The van der Waals surface area contributed by atoms with E-state index in [1.54, 1.807) is 11.3 Å². The first kappa shape index (κ1) is 28.7. The summed E-state index contributed by atoms with van der Waals surface area (Å²) in [6.07, 6.45) is 13.7. The Labute approximate surface area is 268 Å². The Morgan fingerprint density at radius 1 is 0.909 bits per heavy atom. The zero-order valence-electron chi connectivity index (χ0n) is 25.5. The summed E-state index contributed by atoms with van der Waals surface area (Å²) in [6.45, 7) is 8.42. The Morgan fingerprint density at radius 2 is 1.70 bits per heavy atom. The molecule has 1 aliphatic heterocycles. The molecule has 1 aromatic heterocycles. The van der Waals surface area contributed by atoms with Crippen LogP contribution in [-0.4, -0.2) is 6.54 Å². The van der Waals surface area contributed by atoms with Gasteiger partial charge in [0.05, 0.1) is 10.7 Å². The second kappa shape index (κ2) is 12.1. The number of para-hydroxylation sites is 2. The molecule has 2 aliphatic rings. The van der Waals surface area contributed by atoms with Crippen molar-refractivity contribution in [2.45, 2.75) is 45.2 Å². The van der Waals surface area contributed by atoms with E-state index < -0.39 is 0 Å². The number of ether oxygens (including phenoxy) is 1. The van der Waals surface area contributed by atoms with Crippen LogP contribution in [0.4, 0.5) is 5.69 Å². The smallest absolute Gasteiger partial charge is 0.293 e. The van der Waals surface area contributed by atoms with E-state index >= 15 is 0 Å². The van der Waals surface area contributed by atoms with Crippen molar-refractivity contribution in [1.82, 2.24) is 0 Å². The molecule has 5 heteroatoms. The molecule has 4 aromatic carbocycles. The Morgan fingerprint density at radius 3 is 2.61 bits per heavy atom. The molecule has 44 heavy (non-hydrogen) atoms. The van der Waals surface area contributed by atoms with Crippen LogP contribution in [0.25, 0.3) is 27.1 Å². The minimum absolute atomic E-state index is 0.206. The van der Waals surface area contributed by atoms with Crippen molar-refractivity contribution in [3.63, 3.8) is 0 Å². The van der Waals surface area contributed by atoms with Gasteiger partial charge >= 0.3 is 0 Å². The molecular formula is C39H37N2OS2+. The van der Waals surface area contributed by atoms with E-state index in [0.29, 0.717) is 6.73 Å². The third-order valence-electron chi connectivity index (χ3n) is 8.28. The number of nitrogens with zero attached hydrogens (tertiary/aromatic N) is 2. The maximum absolute atomic E-state index is 6.45. The van der Waals surface area contributed by atoms with Gasteiger partial charge in [-0.05, 0) is 72.1 Å². The van der Waals surface area contributed by atoms with Gasteiger partial charge in [-0.1, -0.05) is 116 Å². The lowest BCUT2D eigenvalue weighted by Crippen LogP contribution is -2.37. The fraction of sp³-hybridized carbons (Fsp3) is 0.205. The Balaban J connectivity index is 1.16. The monoisotopic (exact) mass is 613 g/mol. The summed E-state index contributed by atoms with van der Waals surface area (Å²) in [4.78, 5) is 3.78. The van der Waals surface area contributed by atoms with Gasteiger partial charge in [0, 0.05) is 29.0 Å². The molecule has 0 amide bonds. The summed E-state index contributed by atoms with van der Waals surface area (Å²) in [5.41, 5.74) is 5.48. The number of anilines is 1. The maximum Gasteiger partial charge on any atom is 0.293 e. The number of benzene rings is 4. The quantitative estimate of drug-likeness (QED) is 0.170. The summed E-state index contributed by atoms with van der Waals surface area (Å²) in [5, 5.41) is 4.82. The van der Waals surface area contributed by atoms with E-state index in [2.05, 4.69) is 152 Å². The largest absolute Gasteiger partial charge is 0.435 e. The number of hydrogen-bond donors (Lipinski definition) is 0. The van der Waals surface area contributed by atoms with Gasteiger partial charge in [0.25, 0.3) is 11.7 Å². The molecule has 0 atom stereocenters. The summed E-state index contributed by atoms with van der Waals surface area (Å²) in [7, 11) is 0. The van der Waals surface area contributed by atoms with E-state index in [4.69, 9.17) is 4.74 Å². The predicted molar refractivity (Wildman–Crippen MR) is 188 cm³/mol. The molecule has 0 fully saturated rings. The lowest BCUT2D eigenvalue weighted by atomic mass is 9.75. The highest BCUT2D eigenvalue weighted by Crippen LogP contribution is 2.47. The van der Waals surface area contributed by atoms with Gasteiger partial charge in [0.2, 0.25) is 5.52 Å². The molecule has 0 saturated carbocycles. The van der Waals surface area contributed by atoms with Crippen LogP contribution in [0.15, 0.2) is 136 Å². The number of thioether (sulfide) groups is 1. The van der Waals surface area contributed by atoms with E-state index in [1.165, 1.54) is 47.4 Å². The molecule has 1 aliphatic carbocycles. The van der Waals surface area contributed by atoms with Crippen molar-refractivity contribution in [2.75, 3.05) is 11.4 Å². The first-order chi connectivity index (χ1) is 21.5. The first-order valence-electron chi connectivity index (χ1n) is 15.3. The molecule has 0 spiro atoms. The molecular weight excluding hydrogens is 577 g/mol. The molecule has 5 aromatic rings. The second-order valence-corrected chi connectivity index (χ2v) is 14.3. The van der Waals surface area contributed by atoms with Crippen LogP contribution in [0, 0.1) is 5.41 Å². The average Bonchev–Trinajstić information content (AvgIpc) is 3.56. The number of allylic oxidation sites excluding steroid dienone is 6. The molecule has 3 nitrogen and oxygen atoms in total. The van der Waals surface area contributed by atoms with Gasteiger partial charge in [-0.25, -0.2) is 0 Å². The van der Waals surface area contributed by atoms with Crippen LogP contribution in [0.1, 0.15) is 38.6 Å². The van der Waals surface area contributed by atoms with Gasteiger partial charge in [-0.3, -0.25) is 0 Å². The number of rotatable bonds is 7. The molecule has 2 heterocycles. The molecule has 0 unspecified atom stereocenters. The lowest BCUT2D eigenvalue weighted by molar-refractivity contribution is -0.698. The van der Waals surface area contributed by atoms with E-state index in [0.717, 1.165) is 30.5 Å².